The Hall–Kier alpha value is 0.180. The number of aliphatic hydroxyl groups excluding tert-OH is 1. The van der Waals surface area contributed by atoms with Crippen LogP contribution >= 0.6 is 11.6 Å². The summed E-state index contributed by atoms with van der Waals surface area (Å²) in [6, 6.07) is 0. The molecular weight excluding hydrogens is 179 g/mol. The molecule has 1 fully saturated rings. The van der Waals surface area contributed by atoms with E-state index >= 15 is 0 Å². The molecule has 1 N–H and O–H groups in total. The quantitative estimate of drug-likeness (QED) is 0.502. The van der Waals surface area contributed by atoms with Gasteiger partial charge in [0.1, 0.15) is 0 Å². The lowest BCUT2D eigenvalue weighted by molar-refractivity contribution is 0.0791. The molecule has 1 saturated carbocycles. The van der Waals surface area contributed by atoms with Crippen LogP contribution in [0.25, 0.3) is 0 Å². The van der Waals surface area contributed by atoms with Crippen molar-refractivity contribution in [2.24, 2.45) is 11.8 Å². The van der Waals surface area contributed by atoms with Crippen LogP contribution in [0, 0.1) is 11.8 Å². The van der Waals surface area contributed by atoms with Gasteiger partial charge in [-0.3, -0.25) is 4.39 Å². The molecule has 0 saturated heterocycles. The van der Waals surface area contributed by atoms with Crippen molar-refractivity contribution in [3.05, 3.63) is 0 Å². The van der Waals surface area contributed by atoms with Crippen LogP contribution in [0.1, 0.15) is 26.2 Å². The second kappa shape index (κ2) is 4.43. The first kappa shape index (κ1) is 10.3. The van der Waals surface area contributed by atoms with E-state index in [4.69, 9.17) is 11.6 Å². The van der Waals surface area contributed by atoms with Gasteiger partial charge in [-0.05, 0) is 25.2 Å². The molecule has 0 amide bonds. The van der Waals surface area contributed by atoms with E-state index in [0.717, 1.165) is 12.8 Å². The maximum Gasteiger partial charge on any atom is 0.0961 e. The van der Waals surface area contributed by atoms with Crippen LogP contribution in [0.3, 0.4) is 0 Å². The molecule has 0 aromatic heterocycles. The molecule has 0 heterocycles. The van der Waals surface area contributed by atoms with E-state index in [1.807, 2.05) is 0 Å². The van der Waals surface area contributed by atoms with Gasteiger partial charge in [0.2, 0.25) is 0 Å². The Labute approximate surface area is 77.9 Å². The molecule has 1 nitrogen and oxygen atoms in total. The predicted octanol–water partition coefficient (Wildman–Crippen LogP) is 2.36. The van der Waals surface area contributed by atoms with Crippen molar-refractivity contribution in [1.29, 1.82) is 0 Å². The molecule has 4 atom stereocenters. The highest BCUT2D eigenvalue weighted by Gasteiger charge is 2.31. The second-order valence-corrected chi connectivity index (χ2v) is 4.38. The van der Waals surface area contributed by atoms with E-state index in [-0.39, 0.29) is 11.3 Å². The molecule has 0 spiro atoms. The third-order valence-electron chi connectivity index (χ3n) is 2.72. The van der Waals surface area contributed by atoms with Crippen LogP contribution < -0.4 is 0 Å². The van der Waals surface area contributed by atoms with Crippen molar-refractivity contribution >= 4 is 11.6 Å². The molecule has 0 aliphatic heterocycles. The standard InChI is InChI=1S/C9H16ClFO/c1-6-2-3-8(10)7(5-11)9(12)4-6/h6-9,12H,2-5H2,1H3/t6-,7?,8?,9?/m1/s1. The monoisotopic (exact) mass is 194 g/mol. The fraction of sp³-hybridized carbons (Fsp3) is 1.00. The molecule has 1 aliphatic carbocycles. The maximum absolute atomic E-state index is 12.4. The number of aliphatic hydroxyl groups is 1. The fourth-order valence-electron chi connectivity index (χ4n) is 1.80. The average Bonchev–Trinajstić information content (AvgIpc) is 2.12. The van der Waals surface area contributed by atoms with Crippen molar-refractivity contribution in [2.75, 3.05) is 6.67 Å². The summed E-state index contributed by atoms with van der Waals surface area (Å²) in [6.45, 7) is 1.58. The van der Waals surface area contributed by atoms with E-state index in [1.54, 1.807) is 0 Å². The summed E-state index contributed by atoms with van der Waals surface area (Å²) in [4.78, 5) is 0. The lowest BCUT2D eigenvalue weighted by atomic mass is 9.97. The van der Waals surface area contributed by atoms with Crippen LogP contribution in [-0.4, -0.2) is 23.3 Å². The summed E-state index contributed by atoms with van der Waals surface area (Å²) in [7, 11) is 0. The molecule has 0 aromatic carbocycles. The zero-order valence-corrected chi connectivity index (χ0v) is 8.10. The minimum absolute atomic E-state index is 0.185. The van der Waals surface area contributed by atoms with E-state index in [9.17, 15) is 9.50 Å². The number of alkyl halides is 2. The molecule has 1 aliphatic rings. The highest BCUT2D eigenvalue weighted by molar-refractivity contribution is 6.20. The predicted molar refractivity (Wildman–Crippen MR) is 48.1 cm³/mol. The molecule has 72 valence electrons. The van der Waals surface area contributed by atoms with Crippen LogP contribution in [0.2, 0.25) is 0 Å². The largest absolute Gasteiger partial charge is 0.393 e. The van der Waals surface area contributed by atoms with Gasteiger partial charge in [-0.25, -0.2) is 0 Å². The first-order valence-corrected chi connectivity index (χ1v) is 4.97. The summed E-state index contributed by atoms with van der Waals surface area (Å²) in [5, 5.41) is 9.38. The summed E-state index contributed by atoms with van der Waals surface area (Å²) in [5.41, 5.74) is 0. The van der Waals surface area contributed by atoms with Gasteiger partial charge in [0.15, 0.2) is 0 Å². The zero-order valence-electron chi connectivity index (χ0n) is 7.34. The number of hydrogen-bond acceptors (Lipinski definition) is 1. The van der Waals surface area contributed by atoms with Gasteiger partial charge in [-0.2, -0.15) is 0 Å². The minimum atomic E-state index is -0.546. The molecule has 1 rings (SSSR count). The van der Waals surface area contributed by atoms with Crippen LogP contribution in [-0.2, 0) is 0 Å². The smallest absolute Gasteiger partial charge is 0.0961 e. The van der Waals surface area contributed by atoms with E-state index in [1.165, 1.54) is 0 Å². The van der Waals surface area contributed by atoms with Crippen molar-refractivity contribution in [2.45, 2.75) is 37.7 Å². The normalized spacial score (nSPS) is 44.0. The Bertz CT molecular complexity index is 142. The Morgan fingerprint density at radius 2 is 2.17 bits per heavy atom. The number of halogens is 2. The summed E-state index contributed by atoms with van der Waals surface area (Å²) < 4.78 is 12.4. The van der Waals surface area contributed by atoms with Gasteiger partial charge in [0.05, 0.1) is 12.8 Å². The van der Waals surface area contributed by atoms with Gasteiger partial charge in [0.25, 0.3) is 0 Å². The van der Waals surface area contributed by atoms with Crippen molar-refractivity contribution in [3.63, 3.8) is 0 Å². The Morgan fingerprint density at radius 3 is 2.75 bits per heavy atom. The van der Waals surface area contributed by atoms with Gasteiger partial charge in [0, 0.05) is 11.3 Å². The SMILES string of the molecule is C[C@@H]1CCC(Cl)C(CF)C(O)C1. The Kier molecular flexibility index (Phi) is 3.78. The summed E-state index contributed by atoms with van der Waals surface area (Å²) in [5.74, 6) is 0.120. The fourth-order valence-corrected chi connectivity index (χ4v) is 2.16. The van der Waals surface area contributed by atoms with Crippen LogP contribution in [0.15, 0.2) is 0 Å². The van der Waals surface area contributed by atoms with Gasteiger partial charge in [-0.1, -0.05) is 6.92 Å². The van der Waals surface area contributed by atoms with Gasteiger partial charge < -0.3 is 5.11 Å². The minimum Gasteiger partial charge on any atom is -0.393 e. The van der Waals surface area contributed by atoms with Crippen molar-refractivity contribution < 1.29 is 9.50 Å². The number of hydrogen-bond donors (Lipinski definition) is 1. The Morgan fingerprint density at radius 1 is 1.50 bits per heavy atom. The molecular formula is C9H16ClFO. The highest BCUT2D eigenvalue weighted by Crippen LogP contribution is 2.31. The van der Waals surface area contributed by atoms with Crippen molar-refractivity contribution in [3.8, 4) is 0 Å². The topological polar surface area (TPSA) is 20.2 Å². The van der Waals surface area contributed by atoms with E-state index in [0.29, 0.717) is 12.3 Å². The molecule has 3 heteroatoms. The van der Waals surface area contributed by atoms with Crippen LogP contribution in [0.5, 0.6) is 0 Å². The van der Waals surface area contributed by atoms with Gasteiger partial charge >= 0.3 is 0 Å². The maximum atomic E-state index is 12.4. The average molecular weight is 195 g/mol. The van der Waals surface area contributed by atoms with Gasteiger partial charge in [-0.15, -0.1) is 11.6 Å². The highest BCUT2D eigenvalue weighted by atomic mass is 35.5. The molecule has 0 radical (unpaired) electrons. The zero-order chi connectivity index (χ0) is 9.14. The second-order valence-electron chi connectivity index (χ2n) is 3.82. The summed E-state index contributed by atoms with van der Waals surface area (Å²) in [6.07, 6.45) is 1.98. The Balaban J connectivity index is 2.58. The molecule has 12 heavy (non-hydrogen) atoms. The third kappa shape index (κ3) is 2.33. The van der Waals surface area contributed by atoms with E-state index < -0.39 is 12.8 Å². The van der Waals surface area contributed by atoms with Crippen molar-refractivity contribution in [1.82, 2.24) is 0 Å². The third-order valence-corrected chi connectivity index (χ3v) is 3.26. The molecule has 0 bridgehead atoms. The lowest BCUT2D eigenvalue weighted by Gasteiger charge is -2.21. The van der Waals surface area contributed by atoms with Crippen LogP contribution in [0.4, 0.5) is 4.39 Å². The molecule has 3 unspecified atom stereocenters. The summed E-state index contributed by atoms with van der Waals surface area (Å²) >= 11 is 5.95. The van der Waals surface area contributed by atoms with E-state index in [2.05, 4.69) is 6.92 Å². The number of rotatable bonds is 1. The first-order chi connectivity index (χ1) is 5.65. The first-order valence-electron chi connectivity index (χ1n) is 4.53. The molecule has 0 aromatic rings. The lowest BCUT2D eigenvalue weighted by Crippen LogP contribution is -2.28.